The normalized spacial score (nSPS) is 10.5. The molecule has 3 rings (SSSR count). The van der Waals surface area contributed by atoms with Crippen LogP contribution in [0.4, 0.5) is 16.3 Å². The smallest absolute Gasteiger partial charge is 0.307 e. The van der Waals surface area contributed by atoms with Gasteiger partial charge in [-0.2, -0.15) is 5.10 Å². The number of urea groups is 1. The molecule has 0 aliphatic heterocycles. The molecule has 5 heteroatoms. The second-order valence-electron chi connectivity index (χ2n) is 6.21. The molecule has 0 radical (unpaired) electrons. The molecule has 128 valence electrons. The lowest BCUT2D eigenvalue weighted by molar-refractivity contribution is 0.262. The number of nitrogens with zero attached hydrogens (tertiary/aromatic N) is 2. The standard InChI is InChI=1S/C20H22N4O/c1-14-9-10-18(15(2)11-14)21-20(25)22-19-12-16(3)23-24(19)13-17-7-5-4-6-8-17/h4-12H,13H2,1-3H3,(H2,21,22,25). The summed E-state index contributed by atoms with van der Waals surface area (Å²) in [6.45, 7) is 6.52. The largest absolute Gasteiger partial charge is 0.324 e. The van der Waals surface area contributed by atoms with Crippen LogP contribution >= 0.6 is 0 Å². The van der Waals surface area contributed by atoms with E-state index in [1.807, 2.05) is 75.4 Å². The zero-order valence-corrected chi connectivity index (χ0v) is 14.7. The summed E-state index contributed by atoms with van der Waals surface area (Å²) in [5, 5.41) is 10.3. The third-order valence-corrected chi connectivity index (χ3v) is 3.95. The quantitative estimate of drug-likeness (QED) is 0.738. The number of nitrogens with one attached hydrogen (secondary N) is 2. The second-order valence-corrected chi connectivity index (χ2v) is 6.21. The van der Waals surface area contributed by atoms with Crippen LogP contribution in [0.15, 0.2) is 54.6 Å². The highest BCUT2D eigenvalue weighted by Crippen LogP contribution is 2.17. The summed E-state index contributed by atoms with van der Waals surface area (Å²) >= 11 is 0. The number of carbonyl (C=O) groups is 1. The average Bonchev–Trinajstić information content (AvgIpc) is 2.90. The van der Waals surface area contributed by atoms with Gasteiger partial charge in [-0.3, -0.25) is 5.32 Å². The van der Waals surface area contributed by atoms with E-state index in [2.05, 4.69) is 15.7 Å². The van der Waals surface area contributed by atoms with Gasteiger partial charge in [-0.05, 0) is 38.0 Å². The fourth-order valence-electron chi connectivity index (χ4n) is 2.75. The summed E-state index contributed by atoms with van der Waals surface area (Å²) in [5.41, 5.74) is 4.99. The van der Waals surface area contributed by atoms with Crippen LogP contribution in [0.3, 0.4) is 0 Å². The van der Waals surface area contributed by atoms with Gasteiger partial charge < -0.3 is 5.32 Å². The summed E-state index contributed by atoms with van der Waals surface area (Å²) in [7, 11) is 0. The van der Waals surface area contributed by atoms with Gasteiger partial charge in [0, 0.05) is 11.8 Å². The van der Waals surface area contributed by atoms with Crippen molar-refractivity contribution in [2.75, 3.05) is 10.6 Å². The number of hydrogen-bond donors (Lipinski definition) is 2. The Labute approximate surface area is 147 Å². The summed E-state index contributed by atoms with van der Waals surface area (Å²) in [6.07, 6.45) is 0. The van der Waals surface area contributed by atoms with E-state index in [0.717, 1.165) is 22.5 Å². The first-order chi connectivity index (χ1) is 12.0. The van der Waals surface area contributed by atoms with E-state index in [-0.39, 0.29) is 6.03 Å². The third kappa shape index (κ3) is 4.26. The molecule has 0 bridgehead atoms. The topological polar surface area (TPSA) is 59.0 Å². The lowest BCUT2D eigenvalue weighted by Crippen LogP contribution is -2.22. The zero-order valence-electron chi connectivity index (χ0n) is 14.7. The lowest BCUT2D eigenvalue weighted by atomic mass is 10.1. The van der Waals surface area contributed by atoms with Crippen LogP contribution < -0.4 is 10.6 Å². The Morgan fingerprint density at radius 1 is 1.00 bits per heavy atom. The fourth-order valence-corrected chi connectivity index (χ4v) is 2.75. The van der Waals surface area contributed by atoms with E-state index in [1.54, 1.807) is 4.68 Å². The summed E-state index contributed by atoms with van der Waals surface area (Å²) in [6, 6.07) is 17.6. The molecular formula is C20H22N4O. The van der Waals surface area contributed by atoms with Crippen LogP contribution in [0.25, 0.3) is 0 Å². The van der Waals surface area contributed by atoms with Crippen molar-refractivity contribution in [2.24, 2.45) is 0 Å². The molecule has 0 fully saturated rings. The van der Waals surface area contributed by atoms with Gasteiger partial charge >= 0.3 is 6.03 Å². The molecule has 3 aromatic rings. The lowest BCUT2D eigenvalue weighted by Gasteiger charge is -2.12. The molecule has 0 saturated carbocycles. The maximum Gasteiger partial charge on any atom is 0.324 e. The highest BCUT2D eigenvalue weighted by molar-refractivity contribution is 5.99. The molecule has 0 unspecified atom stereocenters. The Balaban J connectivity index is 1.73. The first-order valence-corrected chi connectivity index (χ1v) is 8.25. The molecule has 1 aromatic heterocycles. The van der Waals surface area contributed by atoms with E-state index < -0.39 is 0 Å². The zero-order chi connectivity index (χ0) is 17.8. The van der Waals surface area contributed by atoms with Crippen LogP contribution in [-0.2, 0) is 6.54 Å². The van der Waals surface area contributed by atoms with Gasteiger partial charge in [-0.15, -0.1) is 0 Å². The van der Waals surface area contributed by atoms with Crippen molar-refractivity contribution in [1.29, 1.82) is 0 Å². The number of rotatable bonds is 4. The number of aromatic nitrogens is 2. The van der Waals surface area contributed by atoms with Crippen LogP contribution in [0.2, 0.25) is 0 Å². The van der Waals surface area contributed by atoms with E-state index in [9.17, 15) is 4.79 Å². The monoisotopic (exact) mass is 334 g/mol. The molecule has 25 heavy (non-hydrogen) atoms. The molecule has 2 N–H and O–H groups in total. The Morgan fingerprint density at radius 3 is 2.48 bits per heavy atom. The van der Waals surface area contributed by atoms with Crippen molar-refractivity contribution >= 4 is 17.5 Å². The van der Waals surface area contributed by atoms with E-state index >= 15 is 0 Å². The van der Waals surface area contributed by atoms with Crippen LogP contribution in [0.5, 0.6) is 0 Å². The fraction of sp³-hybridized carbons (Fsp3) is 0.200. The van der Waals surface area contributed by atoms with Gasteiger partial charge in [0.25, 0.3) is 0 Å². The van der Waals surface area contributed by atoms with Crippen molar-refractivity contribution in [3.05, 3.63) is 77.0 Å². The molecule has 0 aliphatic rings. The number of aryl methyl sites for hydroxylation is 3. The number of benzene rings is 2. The van der Waals surface area contributed by atoms with Crippen molar-refractivity contribution in [3.8, 4) is 0 Å². The molecule has 0 saturated heterocycles. The third-order valence-electron chi connectivity index (χ3n) is 3.95. The molecule has 1 heterocycles. The van der Waals surface area contributed by atoms with Gasteiger partial charge in [0.2, 0.25) is 0 Å². The van der Waals surface area contributed by atoms with Gasteiger partial charge in [-0.25, -0.2) is 9.48 Å². The summed E-state index contributed by atoms with van der Waals surface area (Å²) in [4.78, 5) is 12.4. The second kappa shape index (κ2) is 7.21. The molecule has 2 aromatic carbocycles. The van der Waals surface area contributed by atoms with E-state index in [4.69, 9.17) is 0 Å². The van der Waals surface area contributed by atoms with Crippen LogP contribution in [0.1, 0.15) is 22.4 Å². The molecule has 0 aliphatic carbocycles. The summed E-state index contributed by atoms with van der Waals surface area (Å²) in [5.74, 6) is 0.670. The van der Waals surface area contributed by atoms with Gasteiger partial charge in [0.15, 0.2) is 0 Å². The minimum atomic E-state index is -0.277. The first kappa shape index (κ1) is 16.8. The number of carbonyl (C=O) groups excluding carboxylic acids is 1. The SMILES string of the molecule is Cc1ccc(NC(=O)Nc2cc(C)nn2Cc2ccccc2)c(C)c1. The number of hydrogen-bond acceptors (Lipinski definition) is 2. The highest BCUT2D eigenvalue weighted by Gasteiger charge is 2.11. The van der Waals surface area contributed by atoms with Crippen molar-refractivity contribution in [3.63, 3.8) is 0 Å². The van der Waals surface area contributed by atoms with Gasteiger partial charge in [0.1, 0.15) is 5.82 Å². The molecule has 5 nitrogen and oxygen atoms in total. The molecule has 0 atom stereocenters. The molecular weight excluding hydrogens is 312 g/mol. The van der Waals surface area contributed by atoms with Gasteiger partial charge in [0.05, 0.1) is 12.2 Å². The predicted molar refractivity (Wildman–Crippen MR) is 101 cm³/mol. The van der Waals surface area contributed by atoms with E-state index in [1.165, 1.54) is 5.56 Å². The van der Waals surface area contributed by atoms with Crippen LogP contribution in [0, 0.1) is 20.8 Å². The van der Waals surface area contributed by atoms with Crippen molar-refractivity contribution in [2.45, 2.75) is 27.3 Å². The minimum Gasteiger partial charge on any atom is -0.307 e. The number of anilines is 2. The average molecular weight is 334 g/mol. The number of amides is 2. The Bertz CT molecular complexity index is 884. The highest BCUT2D eigenvalue weighted by atomic mass is 16.2. The maximum absolute atomic E-state index is 12.4. The van der Waals surface area contributed by atoms with Crippen molar-refractivity contribution in [1.82, 2.24) is 9.78 Å². The van der Waals surface area contributed by atoms with Crippen molar-refractivity contribution < 1.29 is 4.79 Å². The predicted octanol–water partition coefficient (Wildman–Crippen LogP) is 4.50. The minimum absolute atomic E-state index is 0.277. The van der Waals surface area contributed by atoms with E-state index in [0.29, 0.717) is 12.4 Å². The first-order valence-electron chi connectivity index (χ1n) is 8.25. The molecule has 2 amide bonds. The van der Waals surface area contributed by atoms with Crippen LogP contribution in [-0.4, -0.2) is 15.8 Å². The molecule has 0 spiro atoms. The van der Waals surface area contributed by atoms with Gasteiger partial charge in [-0.1, -0.05) is 48.0 Å². The Morgan fingerprint density at radius 2 is 1.76 bits per heavy atom. The maximum atomic E-state index is 12.4. The Hall–Kier alpha value is -3.08. The Kier molecular flexibility index (Phi) is 4.84. The summed E-state index contributed by atoms with van der Waals surface area (Å²) < 4.78 is 1.80.